The number of benzene rings is 2. The molecule has 0 saturated heterocycles. The average molecular weight is 413 g/mol. The fourth-order valence-electron chi connectivity index (χ4n) is 4.20. The Morgan fingerprint density at radius 1 is 0.733 bits per heavy atom. The van der Waals surface area contributed by atoms with Crippen molar-refractivity contribution in [3.05, 3.63) is 47.3 Å². The normalized spacial score (nSPS) is 12.4. The van der Waals surface area contributed by atoms with Crippen molar-refractivity contribution in [2.75, 3.05) is 13.2 Å². The second kappa shape index (κ2) is 12.0. The molecule has 3 heteroatoms. The predicted octanol–water partition coefficient (Wildman–Crippen LogP) is 7.90. The van der Waals surface area contributed by atoms with Crippen molar-refractivity contribution in [1.82, 2.24) is 0 Å². The fraction of sp³-hybridized carbons (Fsp3) is 0.556. The Kier molecular flexibility index (Phi) is 9.04. The molecule has 2 nitrogen and oxygen atoms in total. The van der Waals surface area contributed by atoms with Gasteiger partial charge in [0.2, 0.25) is 0 Å². The van der Waals surface area contributed by atoms with Gasteiger partial charge in [0.1, 0.15) is 5.75 Å². The summed E-state index contributed by atoms with van der Waals surface area (Å²) < 4.78 is 26.7. The molecule has 0 radical (unpaired) electrons. The van der Waals surface area contributed by atoms with Crippen LogP contribution in [0.25, 0.3) is 11.1 Å². The van der Waals surface area contributed by atoms with Crippen molar-refractivity contribution in [2.24, 2.45) is 0 Å². The molecule has 0 heterocycles. The summed E-state index contributed by atoms with van der Waals surface area (Å²) in [5.74, 6) is 1.15. The van der Waals surface area contributed by atoms with Crippen LogP contribution in [0.3, 0.4) is 0 Å². The van der Waals surface area contributed by atoms with Crippen LogP contribution in [0.5, 0.6) is 11.5 Å². The number of fused-ring (bicyclic) bond motifs is 3. The number of hydrogen-bond acceptors (Lipinski definition) is 2. The van der Waals surface area contributed by atoms with Crippen molar-refractivity contribution in [2.45, 2.75) is 84.5 Å². The lowest BCUT2D eigenvalue weighted by Crippen LogP contribution is -2.09. The highest BCUT2D eigenvalue weighted by molar-refractivity contribution is 5.75. The van der Waals surface area contributed by atoms with Crippen LogP contribution in [0.2, 0.25) is 0 Å². The summed E-state index contributed by atoms with van der Waals surface area (Å²) in [6.07, 6.45) is 12.4. The van der Waals surface area contributed by atoms with Crippen molar-refractivity contribution in [3.63, 3.8) is 0 Å². The van der Waals surface area contributed by atoms with Gasteiger partial charge >= 0.3 is 0 Å². The van der Waals surface area contributed by atoms with E-state index >= 15 is 4.39 Å². The zero-order valence-electron chi connectivity index (χ0n) is 18.8. The molecule has 0 unspecified atom stereocenters. The standard InChI is InChI=1S/C27H37FO2/c1-3-5-7-8-9-11-18-29-22-13-15-23-21(20-22)12-14-25-24(23)16-17-26(27(25)28)30-19-10-6-4-2/h13,15-17,20H,3-12,14,18-19H2,1-2H3. The SMILES string of the molecule is CCCCCCCCOc1ccc2c(c1)CCc1c-2ccc(OCCCCC)c1F. The van der Waals surface area contributed by atoms with Crippen LogP contribution in [0, 0.1) is 5.82 Å². The Labute approximate surface area is 181 Å². The van der Waals surface area contributed by atoms with Crippen LogP contribution in [0.1, 0.15) is 82.8 Å². The average Bonchev–Trinajstić information content (AvgIpc) is 2.77. The Balaban J connectivity index is 1.59. The molecule has 3 rings (SSSR count). The third-order valence-corrected chi connectivity index (χ3v) is 5.99. The highest BCUT2D eigenvalue weighted by Crippen LogP contribution is 2.39. The smallest absolute Gasteiger partial charge is 0.168 e. The molecule has 1 aliphatic rings. The maximum Gasteiger partial charge on any atom is 0.168 e. The van der Waals surface area contributed by atoms with Crippen LogP contribution < -0.4 is 9.47 Å². The van der Waals surface area contributed by atoms with Gasteiger partial charge in [-0.05, 0) is 66.1 Å². The van der Waals surface area contributed by atoms with Gasteiger partial charge in [-0.15, -0.1) is 0 Å². The summed E-state index contributed by atoms with van der Waals surface area (Å²) in [6, 6.07) is 10.1. The van der Waals surface area contributed by atoms with Crippen LogP contribution in [0.15, 0.2) is 30.3 Å². The van der Waals surface area contributed by atoms with Crippen LogP contribution in [-0.4, -0.2) is 13.2 Å². The van der Waals surface area contributed by atoms with Crippen molar-refractivity contribution < 1.29 is 13.9 Å². The van der Waals surface area contributed by atoms with E-state index in [1.54, 1.807) is 6.07 Å². The molecule has 164 valence electrons. The third-order valence-electron chi connectivity index (χ3n) is 5.99. The molecule has 0 amide bonds. The summed E-state index contributed by atoms with van der Waals surface area (Å²) >= 11 is 0. The molecule has 0 aromatic heterocycles. The first-order valence-electron chi connectivity index (χ1n) is 11.9. The summed E-state index contributed by atoms with van der Waals surface area (Å²) in [6.45, 7) is 5.75. The molecular weight excluding hydrogens is 375 g/mol. The summed E-state index contributed by atoms with van der Waals surface area (Å²) in [7, 11) is 0. The zero-order valence-corrected chi connectivity index (χ0v) is 18.8. The van der Waals surface area contributed by atoms with Gasteiger partial charge in [0.15, 0.2) is 11.6 Å². The molecule has 1 aliphatic carbocycles. The minimum atomic E-state index is -0.182. The first kappa shape index (κ1) is 22.7. The van der Waals surface area contributed by atoms with Crippen molar-refractivity contribution in [1.29, 1.82) is 0 Å². The van der Waals surface area contributed by atoms with E-state index < -0.39 is 0 Å². The van der Waals surface area contributed by atoms with Gasteiger partial charge in [-0.25, -0.2) is 4.39 Å². The maximum atomic E-state index is 15.0. The third kappa shape index (κ3) is 6.00. The molecule has 30 heavy (non-hydrogen) atoms. The summed E-state index contributed by atoms with van der Waals surface area (Å²) in [4.78, 5) is 0. The van der Waals surface area contributed by atoms with Gasteiger partial charge in [-0.3, -0.25) is 0 Å². The van der Waals surface area contributed by atoms with Gasteiger partial charge in [-0.2, -0.15) is 0 Å². The molecule has 0 saturated carbocycles. The van der Waals surface area contributed by atoms with Gasteiger partial charge in [-0.1, -0.05) is 70.9 Å². The number of ether oxygens (including phenoxy) is 2. The molecule has 2 aromatic carbocycles. The Morgan fingerprint density at radius 3 is 2.23 bits per heavy atom. The lowest BCUT2D eigenvalue weighted by atomic mass is 9.85. The van der Waals surface area contributed by atoms with Gasteiger partial charge in [0.05, 0.1) is 13.2 Å². The van der Waals surface area contributed by atoms with Crippen LogP contribution >= 0.6 is 0 Å². The largest absolute Gasteiger partial charge is 0.494 e. The van der Waals surface area contributed by atoms with Crippen LogP contribution in [-0.2, 0) is 12.8 Å². The monoisotopic (exact) mass is 412 g/mol. The Bertz CT molecular complexity index is 800. The minimum Gasteiger partial charge on any atom is -0.494 e. The molecule has 0 atom stereocenters. The van der Waals surface area contributed by atoms with E-state index in [0.29, 0.717) is 18.8 Å². The first-order chi connectivity index (χ1) is 14.7. The van der Waals surface area contributed by atoms with E-state index in [-0.39, 0.29) is 5.82 Å². The number of halogens is 1. The highest BCUT2D eigenvalue weighted by atomic mass is 19.1. The lowest BCUT2D eigenvalue weighted by Gasteiger charge is -2.22. The molecule has 0 aliphatic heterocycles. The van der Waals surface area contributed by atoms with E-state index in [1.165, 1.54) is 37.7 Å². The molecule has 0 spiro atoms. The Morgan fingerprint density at radius 2 is 1.40 bits per heavy atom. The summed E-state index contributed by atoms with van der Waals surface area (Å²) in [5.41, 5.74) is 4.16. The molecular formula is C27H37FO2. The quantitative estimate of drug-likeness (QED) is 0.311. The molecule has 0 N–H and O–H groups in total. The number of aryl methyl sites for hydroxylation is 1. The van der Waals surface area contributed by atoms with Crippen molar-refractivity contribution in [3.8, 4) is 22.6 Å². The van der Waals surface area contributed by atoms with Gasteiger partial charge < -0.3 is 9.47 Å². The zero-order chi connectivity index (χ0) is 21.2. The molecule has 0 fully saturated rings. The van der Waals surface area contributed by atoms with E-state index in [4.69, 9.17) is 9.47 Å². The van der Waals surface area contributed by atoms with E-state index in [1.807, 2.05) is 12.1 Å². The number of rotatable bonds is 13. The number of hydrogen-bond donors (Lipinski definition) is 0. The van der Waals surface area contributed by atoms with Gasteiger partial charge in [0, 0.05) is 0 Å². The van der Waals surface area contributed by atoms with E-state index in [9.17, 15) is 0 Å². The van der Waals surface area contributed by atoms with Crippen LogP contribution in [0.4, 0.5) is 4.39 Å². The topological polar surface area (TPSA) is 18.5 Å². The lowest BCUT2D eigenvalue weighted by molar-refractivity contribution is 0.290. The second-order valence-corrected chi connectivity index (χ2v) is 8.39. The fourth-order valence-corrected chi connectivity index (χ4v) is 4.20. The van der Waals surface area contributed by atoms with E-state index in [0.717, 1.165) is 61.2 Å². The van der Waals surface area contributed by atoms with Crippen molar-refractivity contribution >= 4 is 0 Å². The highest BCUT2D eigenvalue weighted by Gasteiger charge is 2.22. The first-order valence-corrected chi connectivity index (χ1v) is 11.9. The second-order valence-electron chi connectivity index (χ2n) is 8.39. The minimum absolute atomic E-state index is 0.182. The Hall–Kier alpha value is -2.03. The van der Waals surface area contributed by atoms with Gasteiger partial charge in [0.25, 0.3) is 0 Å². The number of unbranched alkanes of at least 4 members (excludes halogenated alkanes) is 7. The maximum absolute atomic E-state index is 15.0. The summed E-state index contributed by atoms with van der Waals surface area (Å²) in [5, 5.41) is 0. The predicted molar refractivity (Wildman–Crippen MR) is 123 cm³/mol. The van der Waals surface area contributed by atoms with E-state index in [2.05, 4.69) is 26.0 Å². The molecule has 0 bridgehead atoms. The molecule has 2 aromatic rings.